The standard InChI is InChI=1S/C10H18N6O/c11-15-10-7-9(13-8-14-10)12-1-2-16-3-5-17-6-4-16/h7-8H,1-6,11H2,(H2,12,13,14,15). The van der Waals surface area contributed by atoms with Gasteiger partial charge in [0.15, 0.2) is 0 Å². The van der Waals surface area contributed by atoms with Crippen LogP contribution >= 0.6 is 0 Å². The van der Waals surface area contributed by atoms with Gasteiger partial charge in [0.05, 0.1) is 13.2 Å². The van der Waals surface area contributed by atoms with Gasteiger partial charge in [0.2, 0.25) is 0 Å². The Labute approximate surface area is 100 Å². The highest BCUT2D eigenvalue weighted by molar-refractivity contribution is 5.45. The second-order valence-corrected chi connectivity index (χ2v) is 3.81. The maximum atomic E-state index is 5.29. The highest BCUT2D eigenvalue weighted by Crippen LogP contribution is 2.06. The minimum absolute atomic E-state index is 0.605. The molecule has 1 aliphatic rings. The number of rotatable bonds is 5. The van der Waals surface area contributed by atoms with Gasteiger partial charge in [-0.05, 0) is 0 Å². The Morgan fingerprint density at radius 1 is 1.29 bits per heavy atom. The maximum Gasteiger partial charge on any atom is 0.145 e. The fourth-order valence-electron chi connectivity index (χ4n) is 1.70. The molecule has 1 aliphatic heterocycles. The number of anilines is 2. The van der Waals surface area contributed by atoms with Gasteiger partial charge in [-0.2, -0.15) is 0 Å². The first kappa shape index (κ1) is 12.0. The third kappa shape index (κ3) is 3.81. The van der Waals surface area contributed by atoms with Gasteiger partial charge in [-0.15, -0.1) is 0 Å². The van der Waals surface area contributed by atoms with Crippen LogP contribution in [0.2, 0.25) is 0 Å². The van der Waals surface area contributed by atoms with Gasteiger partial charge in [0.25, 0.3) is 0 Å². The normalized spacial score (nSPS) is 16.8. The Kier molecular flexibility index (Phi) is 4.48. The Morgan fingerprint density at radius 2 is 2.06 bits per heavy atom. The number of aromatic nitrogens is 2. The average molecular weight is 238 g/mol. The largest absolute Gasteiger partial charge is 0.379 e. The van der Waals surface area contributed by atoms with Crippen LogP contribution in [0.3, 0.4) is 0 Å². The smallest absolute Gasteiger partial charge is 0.145 e. The first-order valence-corrected chi connectivity index (χ1v) is 5.71. The van der Waals surface area contributed by atoms with E-state index in [0.29, 0.717) is 5.82 Å². The average Bonchev–Trinajstić information content (AvgIpc) is 2.40. The van der Waals surface area contributed by atoms with Crippen molar-refractivity contribution in [1.82, 2.24) is 14.9 Å². The molecule has 0 aromatic carbocycles. The van der Waals surface area contributed by atoms with E-state index in [1.807, 2.05) is 0 Å². The van der Waals surface area contributed by atoms with Gasteiger partial charge in [0.1, 0.15) is 18.0 Å². The van der Waals surface area contributed by atoms with E-state index < -0.39 is 0 Å². The second kappa shape index (κ2) is 6.33. The van der Waals surface area contributed by atoms with E-state index >= 15 is 0 Å². The monoisotopic (exact) mass is 238 g/mol. The van der Waals surface area contributed by atoms with Crippen molar-refractivity contribution >= 4 is 11.6 Å². The van der Waals surface area contributed by atoms with E-state index in [-0.39, 0.29) is 0 Å². The first-order chi connectivity index (χ1) is 8.38. The Bertz CT molecular complexity index is 341. The van der Waals surface area contributed by atoms with Crippen molar-refractivity contribution in [2.75, 3.05) is 50.1 Å². The number of nitrogens with zero attached hydrogens (tertiary/aromatic N) is 3. The number of nitrogens with two attached hydrogens (primary N) is 1. The maximum absolute atomic E-state index is 5.29. The lowest BCUT2D eigenvalue weighted by atomic mass is 10.4. The predicted molar refractivity (Wildman–Crippen MR) is 65.6 cm³/mol. The van der Waals surface area contributed by atoms with Crippen molar-refractivity contribution in [3.05, 3.63) is 12.4 Å². The fourth-order valence-corrected chi connectivity index (χ4v) is 1.70. The van der Waals surface area contributed by atoms with Gasteiger partial charge in [0, 0.05) is 32.2 Å². The predicted octanol–water partition coefficient (Wildman–Crippen LogP) is -0.494. The van der Waals surface area contributed by atoms with Crippen molar-refractivity contribution < 1.29 is 4.74 Å². The molecule has 0 radical (unpaired) electrons. The summed E-state index contributed by atoms with van der Waals surface area (Å²) in [4.78, 5) is 10.4. The lowest BCUT2D eigenvalue weighted by molar-refractivity contribution is 0.0398. The molecular weight excluding hydrogens is 220 g/mol. The van der Waals surface area contributed by atoms with Crippen LogP contribution in [0.4, 0.5) is 11.6 Å². The van der Waals surface area contributed by atoms with Crippen molar-refractivity contribution in [3.8, 4) is 0 Å². The molecule has 0 spiro atoms. The summed E-state index contributed by atoms with van der Waals surface area (Å²) in [5.74, 6) is 6.66. The van der Waals surface area contributed by atoms with E-state index in [4.69, 9.17) is 10.6 Å². The molecule has 1 fully saturated rings. The Morgan fingerprint density at radius 3 is 2.82 bits per heavy atom. The lowest BCUT2D eigenvalue weighted by Gasteiger charge is -2.26. The number of nitrogen functional groups attached to an aromatic ring is 1. The summed E-state index contributed by atoms with van der Waals surface area (Å²) in [7, 11) is 0. The highest BCUT2D eigenvalue weighted by Gasteiger charge is 2.09. The minimum Gasteiger partial charge on any atom is -0.379 e. The lowest BCUT2D eigenvalue weighted by Crippen LogP contribution is -2.39. The van der Waals surface area contributed by atoms with Crippen LogP contribution in [0.5, 0.6) is 0 Å². The fraction of sp³-hybridized carbons (Fsp3) is 0.600. The van der Waals surface area contributed by atoms with Gasteiger partial charge in [-0.3, -0.25) is 4.90 Å². The molecule has 0 saturated carbocycles. The van der Waals surface area contributed by atoms with Crippen molar-refractivity contribution in [2.45, 2.75) is 0 Å². The van der Waals surface area contributed by atoms with Gasteiger partial charge in [-0.25, -0.2) is 15.8 Å². The molecule has 1 saturated heterocycles. The van der Waals surface area contributed by atoms with Crippen LogP contribution in [0, 0.1) is 0 Å². The molecule has 7 heteroatoms. The number of morpholine rings is 1. The summed E-state index contributed by atoms with van der Waals surface area (Å²) >= 11 is 0. The van der Waals surface area contributed by atoms with Crippen LogP contribution in [0.25, 0.3) is 0 Å². The third-order valence-electron chi connectivity index (χ3n) is 2.65. The summed E-state index contributed by atoms with van der Waals surface area (Å²) < 4.78 is 5.29. The van der Waals surface area contributed by atoms with Crippen molar-refractivity contribution in [1.29, 1.82) is 0 Å². The van der Waals surface area contributed by atoms with Crippen molar-refractivity contribution in [3.63, 3.8) is 0 Å². The van der Waals surface area contributed by atoms with E-state index in [2.05, 4.69) is 25.6 Å². The third-order valence-corrected chi connectivity index (χ3v) is 2.65. The summed E-state index contributed by atoms with van der Waals surface area (Å²) in [5, 5.41) is 3.24. The molecule has 17 heavy (non-hydrogen) atoms. The second-order valence-electron chi connectivity index (χ2n) is 3.81. The zero-order valence-electron chi connectivity index (χ0n) is 9.72. The summed E-state index contributed by atoms with van der Waals surface area (Å²) in [5.41, 5.74) is 2.49. The van der Waals surface area contributed by atoms with Gasteiger partial charge >= 0.3 is 0 Å². The molecule has 0 atom stereocenters. The quantitative estimate of drug-likeness (QED) is 0.471. The summed E-state index contributed by atoms with van der Waals surface area (Å²) in [6, 6.07) is 1.78. The molecule has 2 heterocycles. The topological polar surface area (TPSA) is 88.3 Å². The molecule has 94 valence electrons. The van der Waals surface area contributed by atoms with Crippen LogP contribution < -0.4 is 16.6 Å². The molecule has 0 bridgehead atoms. The molecule has 0 amide bonds. The SMILES string of the molecule is NNc1cc(NCCN2CCOCC2)ncn1. The number of hydrogen-bond acceptors (Lipinski definition) is 7. The molecule has 7 nitrogen and oxygen atoms in total. The van der Waals surface area contributed by atoms with E-state index in [0.717, 1.165) is 45.2 Å². The highest BCUT2D eigenvalue weighted by atomic mass is 16.5. The molecular formula is C10H18N6O. The zero-order valence-corrected chi connectivity index (χ0v) is 9.72. The van der Waals surface area contributed by atoms with Crippen LogP contribution in [-0.4, -0.2) is 54.3 Å². The Balaban J connectivity index is 1.73. The molecule has 4 N–H and O–H groups in total. The molecule has 0 aliphatic carbocycles. The van der Waals surface area contributed by atoms with Crippen LogP contribution in [-0.2, 0) is 4.74 Å². The van der Waals surface area contributed by atoms with Crippen LogP contribution in [0.15, 0.2) is 12.4 Å². The molecule has 2 rings (SSSR count). The summed E-state index contributed by atoms with van der Waals surface area (Å²) in [6.45, 7) is 5.49. The van der Waals surface area contributed by atoms with E-state index in [1.54, 1.807) is 6.07 Å². The molecule has 1 aromatic rings. The first-order valence-electron chi connectivity index (χ1n) is 5.71. The molecule has 0 unspecified atom stereocenters. The summed E-state index contributed by atoms with van der Waals surface area (Å²) in [6.07, 6.45) is 1.48. The Hall–Kier alpha value is -1.44. The zero-order chi connectivity index (χ0) is 11.9. The van der Waals surface area contributed by atoms with Gasteiger partial charge in [-0.1, -0.05) is 0 Å². The number of nitrogens with one attached hydrogen (secondary N) is 2. The number of hydrazine groups is 1. The number of ether oxygens (including phenoxy) is 1. The van der Waals surface area contributed by atoms with Gasteiger partial charge < -0.3 is 15.5 Å². The van der Waals surface area contributed by atoms with Crippen molar-refractivity contribution in [2.24, 2.45) is 5.84 Å². The number of hydrogen-bond donors (Lipinski definition) is 3. The minimum atomic E-state index is 0.605. The van der Waals surface area contributed by atoms with E-state index in [1.165, 1.54) is 6.33 Å². The van der Waals surface area contributed by atoms with E-state index in [9.17, 15) is 0 Å². The van der Waals surface area contributed by atoms with Crippen LogP contribution in [0.1, 0.15) is 0 Å². The molecule has 1 aromatic heterocycles.